The predicted octanol–water partition coefficient (Wildman–Crippen LogP) is 2.57. The molecular weight excluding hydrogens is 284 g/mol. The Bertz CT molecular complexity index is 592. The number of benzene rings is 1. The molecule has 0 radical (unpaired) electrons. The van der Waals surface area contributed by atoms with Gasteiger partial charge in [0.15, 0.2) is 0 Å². The predicted molar refractivity (Wildman–Crippen MR) is 85.7 cm³/mol. The number of sulfonamides is 1. The van der Waals surface area contributed by atoms with Crippen LogP contribution in [-0.2, 0) is 16.6 Å². The van der Waals surface area contributed by atoms with Crippen LogP contribution < -0.4 is 10.0 Å². The first kappa shape index (κ1) is 16.5. The maximum atomic E-state index is 12.4. The van der Waals surface area contributed by atoms with E-state index in [4.69, 9.17) is 0 Å². The summed E-state index contributed by atoms with van der Waals surface area (Å²) in [6.45, 7) is 8.80. The molecule has 0 aliphatic heterocycles. The summed E-state index contributed by atoms with van der Waals surface area (Å²) in [5, 5.41) is 3.34. The Hall–Kier alpha value is -0.910. The quantitative estimate of drug-likeness (QED) is 0.814. The summed E-state index contributed by atoms with van der Waals surface area (Å²) >= 11 is 0. The zero-order valence-corrected chi connectivity index (χ0v) is 14.1. The lowest BCUT2D eigenvalue weighted by atomic mass is 10.1. The molecule has 0 heterocycles. The molecule has 1 saturated carbocycles. The fraction of sp³-hybridized carbons (Fsp3) is 0.625. The molecule has 0 amide bonds. The van der Waals surface area contributed by atoms with Crippen LogP contribution in [0.15, 0.2) is 23.1 Å². The lowest BCUT2D eigenvalue weighted by Crippen LogP contribution is -2.34. The molecule has 1 aromatic carbocycles. The summed E-state index contributed by atoms with van der Waals surface area (Å²) in [6, 6.07) is 5.75. The number of rotatable bonds is 7. The average molecular weight is 310 g/mol. The second kappa shape index (κ2) is 6.46. The van der Waals surface area contributed by atoms with Gasteiger partial charge in [0.05, 0.1) is 4.90 Å². The maximum Gasteiger partial charge on any atom is 0.240 e. The molecule has 1 unspecified atom stereocenters. The molecule has 1 aliphatic carbocycles. The molecule has 0 saturated heterocycles. The molecule has 0 aromatic heterocycles. The average Bonchev–Trinajstić information content (AvgIpc) is 3.21. The van der Waals surface area contributed by atoms with E-state index in [2.05, 4.69) is 23.9 Å². The van der Waals surface area contributed by atoms with Crippen molar-refractivity contribution < 1.29 is 8.42 Å². The van der Waals surface area contributed by atoms with Crippen LogP contribution >= 0.6 is 0 Å². The molecule has 1 aromatic rings. The van der Waals surface area contributed by atoms with Crippen molar-refractivity contribution >= 4 is 10.0 Å². The van der Waals surface area contributed by atoms with Crippen LogP contribution in [0.25, 0.3) is 0 Å². The van der Waals surface area contributed by atoms with Crippen molar-refractivity contribution in [2.24, 2.45) is 5.92 Å². The summed E-state index contributed by atoms with van der Waals surface area (Å²) in [5.74, 6) is 0.507. The van der Waals surface area contributed by atoms with E-state index in [-0.39, 0.29) is 6.04 Å². The summed E-state index contributed by atoms with van der Waals surface area (Å²) in [6.07, 6.45) is 2.25. The van der Waals surface area contributed by atoms with E-state index in [1.54, 1.807) is 12.1 Å². The number of aryl methyl sites for hydroxylation is 1. The first-order valence-electron chi connectivity index (χ1n) is 7.65. The van der Waals surface area contributed by atoms with Crippen molar-refractivity contribution in [2.45, 2.75) is 64.1 Å². The molecule has 118 valence electrons. The Kier molecular flexibility index (Phi) is 5.07. The minimum absolute atomic E-state index is 0.0218. The first-order chi connectivity index (χ1) is 9.79. The Morgan fingerprint density at radius 1 is 1.24 bits per heavy atom. The van der Waals surface area contributed by atoms with E-state index in [1.807, 2.05) is 19.9 Å². The van der Waals surface area contributed by atoms with Gasteiger partial charge in [0.2, 0.25) is 10.0 Å². The fourth-order valence-corrected chi connectivity index (χ4v) is 3.69. The lowest BCUT2D eigenvalue weighted by Gasteiger charge is -2.15. The van der Waals surface area contributed by atoms with Gasteiger partial charge in [-0.15, -0.1) is 0 Å². The van der Waals surface area contributed by atoms with Crippen LogP contribution in [0.2, 0.25) is 0 Å². The third kappa shape index (κ3) is 4.53. The van der Waals surface area contributed by atoms with Gasteiger partial charge >= 0.3 is 0 Å². The van der Waals surface area contributed by atoms with E-state index < -0.39 is 10.0 Å². The van der Waals surface area contributed by atoms with Crippen LogP contribution in [0.3, 0.4) is 0 Å². The van der Waals surface area contributed by atoms with Gasteiger partial charge in [-0.2, -0.15) is 0 Å². The molecule has 1 aliphatic rings. The summed E-state index contributed by atoms with van der Waals surface area (Å²) in [7, 11) is -3.42. The smallest absolute Gasteiger partial charge is 0.240 e. The SMILES string of the molecule is Cc1ccc(S(=O)(=O)NC(C)C2CC2)cc1CNC(C)C. The topological polar surface area (TPSA) is 58.2 Å². The van der Waals surface area contributed by atoms with Crippen LogP contribution in [-0.4, -0.2) is 20.5 Å². The molecule has 1 atom stereocenters. The zero-order chi connectivity index (χ0) is 15.6. The summed E-state index contributed by atoms with van der Waals surface area (Å²) < 4.78 is 27.7. The molecule has 0 spiro atoms. The number of hydrogen-bond acceptors (Lipinski definition) is 3. The first-order valence-corrected chi connectivity index (χ1v) is 9.13. The molecule has 2 rings (SSSR count). The maximum absolute atomic E-state index is 12.4. The Morgan fingerprint density at radius 3 is 2.48 bits per heavy atom. The van der Waals surface area contributed by atoms with Gasteiger partial charge < -0.3 is 5.32 Å². The number of hydrogen-bond donors (Lipinski definition) is 2. The normalized spacial score (nSPS) is 17.2. The minimum atomic E-state index is -3.42. The van der Waals surface area contributed by atoms with Crippen LogP contribution in [0.1, 0.15) is 44.7 Å². The monoisotopic (exact) mass is 310 g/mol. The standard InChI is InChI=1S/C16H26N2O2S/c1-11(2)17-10-15-9-16(8-5-12(15)3)21(19,20)18-13(4)14-6-7-14/h5,8-9,11,13-14,17-18H,6-7,10H2,1-4H3. The third-order valence-electron chi connectivity index (χ3n) is 4.00. The molecule has 2 N–H and O–H groups in total. The van der Waals surface area contributed by atoms with Crippen molar-refractivity contribution in [3.8, 4) is 0 Å². The highest BCUT2D eigenvalue weighted by Crippen LogP contribution is 2.33. The van der Waals surface area contributed by atoms with Gasteiger partial charge in [0.1, 0.15) is 0 Å². The highest BCUT2D eigenvalue weighted by atomic mass is 32.2. The van der Waals surface area contributed by atoms with Crippen LogP contribution in [0.4, 0.5) is 0 Å². The third-order valence-corrected chi connectivity index (χ3v) is 5.56. The van der Waals surface area contributed by atoms with Crippen molar-refractivity contribution in [1.29, 1.82) is 0 Å². The summed E-state index contributed by atoms with van der Waals surface area (Å²) in [4.78, 5) is 0.362. The molecule has 0 bridgehead atoms. The van der Waals surface area contributed by atoms with Crippen molar-refractivity contribution in [1.82, 2.24) is 10.0 Å². The highest BCUT2D eigenvalue weighted by Gasteiger charge is 2.31. The highest BCUT2D eigenvalue weighted by molar-refractivity contribution is 7.89. The van der Waals surface area contributed by atoms with E-state index in [1.165, 1.54) is 0 Å². The van der Waals surface area contributed by atoms with Crippen LogP contribution in [0.5, 0.6) is 0 Å². The van der Waals surface area contributed by atoms with Gasteiger partial charge in [-0.1, -0.05) is 19.9 Å². The van der Waals surface area contributed by atoms with Crippen molar-refractivity contribution in [3.63, 3.8) is 0 Å². The lowest BCUT2D eigenvalue weighted by molar-refractivity contribution is 0.537. The van der Waals surface area contributed by atoms with Gasteiger partial charge in [0, 0.05) is 18.6 Å². The van der Waals surface area contributed by atoms with Crippen LogP contribution in [0, 0.1) is 12.8 Å². The van der Waals surface area contributed by atoms with E-state index in [9.17, 15) is 8.42 Å². The van der Waals surface area contributed by atoms with E-state index in [0.717, 1.165) is 24.0 Å². The molecule has 5 heteroatoms. The van der Waals surface area contributed by atoms with Crippen molar-refractivity contribution in [3.05, 3.63) is 29.3 Å². The zero-order valence-electron chi connectivity index (χ0n) is 13.3. The van der Waals surface area contributed by atoms with Gasteiger partial charge in [-0.25, -0.2) is 13.1 Å². The van der Waals surface area contributed by atoms with E-state index >= 15 is 0 Å². The molecular formula is C16H26N2O2S. The second-order valence-electron chi connectivity index (χ2n) is 6.37. The Morgan fingerprint density at radius 2 is 1.90 bits per heavy atom. The molecule has 4 nitrogen and oxygen atoms in total. The largest absolute Gasteiger partial charge is 0.310 e. The van der Waals surface area contributed by atoms with Gasteiger partial charge in [-0.3, -0.25) is 0 Å². The van der Waals surface area contributed by atoms with Crippen molar-refractivity contribution in [2.75, 3.05) is 0 Å². The number of nitrogens with one attached hydrogen (secondary N) is 2. The molecule has 1 fully saturated rings. The Labute approximate surface area is 128 Å². The second-order valence-corrected chi connectivity index (χ2v) is 8.09. The fourth-order valence-electron chi connectivity index (χ4n) is 2.32. The summed E-state index contributed by atoms with van der Waals surface area (Å²) in [5.41, 5.74) is 2.14. The van der Waals surface area contributed by atoms with Gasteiger partial charge in [-0.05, 0) is 55.9 Å². The molecule has 21 heavy (non-hydrogen) atoms. The van der Waals surface area contributed by atoms with E-state index in [0.29, 0.717) is 23.4 Å². The minimum Gasteiger partial charge on any atom is -0.310 e. The van der Waals surface area contributed by atoms with Gasteiger partial charge in [0.25, 0.3) is 0 Å². The Balaban J connectivity index is 2.16.